The second-order valence-corrected chi connectivity index (χ2v) is 4.67. The van der Waals surface area contributed by atoms with E-state index in [1.54, 1.807) is 18.2 Å². The van der Waals surface area contributed by atoms with Gasteiger partial charge in [-0.3, -0.25) is 0 Å². The molecule has 0 aliphatic heterocycles. The molecule has 1 aliphatic carbocycles. The summed E-state index contributed by atoms with van der Waals surface area (Å²) < 4.78 is 5.40. The largest absolute Gasteiger partial charge is 0.459 e. The Morgan fingerprint density at radius 2 is 2.06 bits per heavy atom. The molecule has 1 aromatic carbocycles. The zero-order valence-electron chi connectivity index (χ0n) is 10.3. The number of benzene rings is 1. The minimum absolute atomic E-state index is 0.152. The molecule has 2 rings (SSSR count). The van der Waals surface area contributed by atoms with E-state index in [1.807, 2.05) is 12.1 Å². The van der Waals surface area contributed by atoms with Crippen LogP contribution in [0.25, 0.3) is 6.08 Å². The molecule has 1 N–H and O–H groups in total. The quantitative estimate of drug-likeness (QED) is 0.834. The Bertz CT molecular complexity index is 422. The SMILES string of the molecule is C=Cc1ccc(C(=O)OC2CCCC(O)C2)cc1. The molecule has 0 heterocycles. The maximum Gasteiger partial charge on any atom is 0.338 e. The Labute approximate surface area is 107 Å². The standard InChI is InChI=1S/C15H18O3/c1-2-11-6-8-12(9-7-11)15(17)18-14-5-3-4-13(16)10-14/h2,6-9,13-14,16H,1,3-5,10H2. The van der Waals surface area contributed by atoms with E-state index in [2.05, 4.69) is 6.58 Å². The van der Waals surface area contributed by atoms with Gasteiger partial charge in [-0.1, -0.05) is 24.8 Å². The lowest BCUT2D eigenvalue weighted by molar-refractivity contribution is -0.00223. The number of esters is 1. The zero-order valence-corrected chi connectivity index (χ0v) is 10.3. The second kappa shape index (κ2) is 5.83. The lowest BCUT2D eigenvalue weighted by Crippen LogP contribution is -2.28. The molecule has 0 aromatic heterocycles. The molecule has 0 radical (unpaired) electrons. The summed E-state index contributed by atoms with van der Waals surface area (Å²) >= 11 is 0. The van der Waals surface area contributed by atoms with Crippen LogP contribution in [0.2, 0.25) is 0 Å². The third kappa shape index (κ3) is 3.20. The minimum atomic E-state index is -0.334. The van der Waals surface area contributed by atoms with E-state index < -0.39 is 0 Å². The Morgan fingerprint density at radius 3 is 2.67 bits per heavy atom. The molecule has 1 aromatic rings. The van der Waals surface area contributed by atoms with Crippen LogP contribution in [0.3, 0.4) is 0 Å². The summed E-state index contributed by atoms with van der Waals surface area (Å²) in [5, 5.41) is 9.53. The van der Waals surface area contributed by atoms with Gasteiger partial charge < -0.3 is 9.84 Å². The highest BCUT2D eigenvalue weighted by Crippen LogP contribution is 2.22. The van der Waals surface area contributed by atoms with Gasteiger partial charge in [0.05, 0.1) is 11.7 Å². The number of aliphatic hydroxyl groups is 1. The van der Waals surface area contributed by atoms with Gasteiger partial charge in [-0.05, 0) is 37.0 Å². The maximum atomic E-state index is 11.9. The molecule has 1 fully saturated rings. The first-order chi connectivity index (χ1) is 8.69. The van der Waals surface area contributed by atoms with Gasteiger partial charge in [0, 0.05) is 6.42 Å². The van der Waals surface area contributed by atoms with E-state index in [0.29, 0.717) is 12.0 Å². The number of ether oxygens (including phenoxy) is 1. The molecule has 0 spiro atoms. The van der Waals surface area contributed by atoms with Crippen LogP contribution in [-0.4, -0.2) is 23.3 Å². The van der Waals surface area contributed by atoms with Gasteiger partial charge in [-0.2, -0.15) is 0 Å². The van der Waals surface area contributed by atoms with E-state index in [0.717, 1.165) is 24.8 Å². The fraction of sp³-hybridized carbons (Fsp3) is 0.400. The van der Waals surface area contributed by atoms with Crippen LogP contribution in [0.4, 0.5) is 0 Å². The number of aliphatic hydroxyl groups excluding tert-OH is 1. The molecular formula is C15H18O3. The lowest BCUT2D eigenvalue weighted by atomic mass is 9.95. The summed E-state index contributed by atoms with van der Waals surface area (Å²) in [6.45, 7) is 3.66. The van der Waals surface area contributed by atoms with Crippen LogP contribution >= 0.6 is 0 Å². The van der Waals surface area contributed by atoms with Gasteiger partial charge in [0.15, 0.2) is 0 Å². The van der Waals surface area contributed by atoms with Crippen molar-refractivity contribution in [2.45, 2.75) is 37.9 Å². The van der Waals surface area contributed by atoms with Crippen LogP contribution in [0, 0.1) is 0 Å². The summed E-state index contributed by atoms with van der Waals surface area (Å²) in [7, 11) is 0. The smallest absolute Gasteiger partial charge is 0.338 e. The minimum Gasteiger partial charge on any atom is -0.459 e. The van der Waals surface area contributed by atoms with Crippen LogP contribution < -0.4 is 0 Å². The monoisotopic (exact) mass is 246 g/mol. The van der Waals surface area contributed by atoms with Crippen LogP contribution in [0.5, 0.6) is 0 Å². The third-order valence-electron chi connectivity index (χ3n) is 3.25. The van der Waals surface area contributed by atoms with Crippen molar-refractivity contribution in [2.24, 2.45) is 0 Å². The molecule has 96 valence electrons. The zero-order chi connectivity index (χ0) is 13.0. The summed E-state index contributed by atoms with van der Waals surface area (Å²) in [6, 6.07) is 7.13. The molecule has 18 heavy (non-hydrogen) atoms. The van der Waals surface area contributed by atoms with Crippen molar-refractivity contribution in [1.82, 2.24) is 0 Å². The van der Waals surface area contributed by atoms with Crippen molar-refractivity contribution in [2.75, 3.05) is 0 Å². The van der Waals surface area contributed by atoms with Gasteiger partial charge in [0.1, 0.15) is 6.10 Å². The van der Waals surface area contributed by atoms with Crippen LogP contribution in [0.15, 0.2) is 30.8 Å². The normalized spacial score (nSPS) is 23.4. The molecule has 0 amide bonds. The number of carbonyl (C=O) groups is 1. The first-order valence-electron chi connectivity index (χ1n) is 6.30. The average Bonchev–Trinajstić information content (AvgIpc) is 2.39. The molecule has 1 aliphatic rings. The summed E-state index contributed by atoms with van der Waals surface area (Å²) in [5.74, 6) is -0.315. The van der Waals surface area contributed by atoms with E-state index >= 15 is 0 Å². The van der Waals surface area contributed by atoms with E-state index in [4.69, 9.17) is 4.74 Å². The predicted octanol–water partition coefficient (Wildman–Crippen LogP) is 2.79. The highest BCUT2D eigenvalue weighted by Gasteiger charge is 2.23. The Morgan fingerprint density at radius 1 is 1.33 bits per heavy atom. The number of hydrogen-bond acceptors (Lipinski definition) is 3. The van der Waals surface area contributed by atoms with Gasteiger partial charge >= 0.3 is 5.97 Å². The topological polar surface area (TPSA) is 46.5 Å². The van der Waals surface area contributed by atoms with E-state index in [9.17, 15) is 9.90 Å². The van der Waals surface area contributed by atoms with Gasteiger partial charge in [0.2, 0.25) is 0 Å². The van der Waals surface area contributed by atoms with Crippen molar-refractivity contribution in [3.63, 3.8) is 0 Å². The summed E-state index contributed by atoms with van der Waals surface area (Å²) in [5.41, 5.74) is 1.51. The second-order valence-electron chi connectivity index (χ2n) is 4.67. The van der Waals surface area contributed by atoms with Crippen molar-refractivity contribution < 1.29 is 14.6 Å². The predicted molar refractivity (Wildman–Crippen MR) is 70.2 cm³/mol. The number of hydrogen-bond donors (Lipinski definition) is 1. The molecule has 2 unspecified atom stereocenters. The fourth-order valence-electron chi connectivity index (χ4n) is 2.20. The van der Waals surface area contributed by atoms with Crippen LogP contribution in [-0.2, 0) is 4.74 Å². The summed E-state index contributed by atoms with van der Waals surface area (Å²) in [4.78, 5) is 11.9. The highest BCUT2D eigenvalue weighted by molar-refractivity contribution is 5.89. The fourth-order valence-corrected chi connectivity index (χ4v) is 2.20. The maximum absolute atomic E-state index is 11.9. The Balaban J connectivity index is 1.96. The Hall–Kier alpha value is -1.61. The van der Waals surface area contributed by atoms with Gasteiger partial charge in [-0.25, -0.2) is 4.79 Å². The van der Waals surface area contributed by atoms with E-state index in [-0.39, 0.29) is 18.2 Å². The van der Waals surface area contributed by atoms with Crippen molar-refractivity contribution in [1.29, 1.82) is 0 Å². The van der Waals surface area contributed by atoms with Gasteiger partial charge in [0.25, 0.3) is 0 Å². The molecule has 3 nitrogen and oxygen atoms in total. The van der Waals surface area contributed by atoms with Crippen LogP contribution in [0.1, 0.15) is 41.6 Å². The first kappa shape index (κ1) is 12.8. The summed E-state index contributed by atoms with van der Waals surface area (Å²) in [6.07, 6.45) is 4.35. The molecule has 2 atom stereocenters. The molecular weight excluding hydrogens is 228 g/mol. The van der Waals surface area contributed by atoms with Crippen molar-refractivity contribution in [3.05, 3.63) is 42.0 Å². The highest BCUT2D eigenvalue weighted by atomic mass is 16.5. The molecule has 0 saturated heterocycles. The lowest BCUT2D eigenvalue weighted by Gasteiger charge is -2.25. The molecule has 3 heteroatoms. The molecule has 1 saturated carbocycles. The average molecular weight is 246 g/mol. The Kier molecular flexibility index (Phi) is 4.15. The van der Waals surface area contributed by atoms with Gasteiger partial charge in [-0.15, -0.1) is 0 Å². The van der Waals surface area contributed by atoms with Crippen molar-refractivity contribution >= 4 is 12.0 Å². The number of rotatable bonds is 3. The van der Waals surface area contributed by atoms with E-state index in [1.165, 1.54) is 0 Å². The first-order valence-corrected chi connectivity index (χ1v) is 6.30. The molecule has 0 bridgehead atoms. The third-order valence-corrected chi connectivity index (χ3v) is 3.25. The number of carbonyl (C=O) groups excluding carboxylic acids is 1. The van der Waals surface area contributed by atoms with Crippen molar-refractivity contribution in [3.8, 4) is 0 Å².